The van der Waals surface area contributed by atoms with Gasteiger partial charge in [-0.3, -0.25) is 9.59 Å². The van der Waals surface area contributed by atoms with E-state index in [0.717, 1.165) is 5.75 Å². The number of ether oxygens (including phenoxy) is 1. The largest absolute Gasteiger partial charge is 0.497 e. The minimum atomic E-state index is -0.485. The molecule has 2 aromatic carbocycles. The lowest BCUT2D eigenvalue weighted by Crippen LogP contribution is -2.28. The van der Waals surface area contributed by atoms with Gasteiger partial charge in [-0.2, -0.15) is 0 Å². The number of nitrogens with one attached hydrogen (secondary N) is 2. The Morgan fingerprint density at radius 2 is 1.92 bits per heavy atom. The number of para-hydroxylation sites is 1. The molecule has 25 heavy (non-hydrogen) atoms. The maximum Gasteiger partial charge on any atom is 0.240 e. The first-order valence-electron chi connectivity index (χ1n) is 7.69. The highest BCUT2D eigenvalue weighted by molar-refractivity contribution is 8.15. The molecule has 3 rings (SSSR count). The SMILES string of the molecule is COc1ccc(N=C2NC(=O)C(CC(=O)Nc3ccccc3)S2)cc1. The van der Waals surface area contributed by atoms with Gasteiger partial charge in [0.05, 0.1) is 12.8 Å². The van der Waals surface area contributed by atoms with Crippen LogP contribution in [0.15, 0.2) is 59.6 Å². The third-order valence-corrected chi connectivity index (χ3v) is 4.59. The van der Waals surface area contributed by atoms with Gasteiger partial charge in [-0.1, -0.05) is 30.0 Å². The number of amides is 2. The van der Waals surface area contributed by atoms with Gasteiger partial charge >= 0.3 is 0 Å². The molecule has 7 heteroatoms. The summed E-state index contributed by atoms with van der Waals surface area (Å²) < 4.78 is 5.10. The lowest BCUT2D eigenvalue weighted by atomic mass is 10.2. The van der Waals surface area contributed by atoms with E-state index in [1.807, 2.05) is 18.2 Å². The molecule has 128 valence electrons. The second-order valence-corrected chi connectivity index (χ2v) is 6.52. The Morgan fingerprint density at radius 3 is 2.60 bits per heavy atom. The number of hydrogen-bond acceptors (Lipinski definition) is 5. The molecule has 1 atom stereocenters. The van der Waals surface area contributed by atoms with Gasteiger partial charge in [0.2, 0.25) is 11.8 Å². The predicted octanol–water partition coefficient (Wildman–Crippen LogP) is 2.94. The number of hydrogen-bond donors (Lipinski definition) is 2. The quantitative estimate of drug-likeness (QED) is 0.864. The summed E-state index contributed by atoms with van der Waals surface area (Å²) in [5.74, 6) is 0.326. The molecule has 1 fully saturated rings. The average Bonchev–Trinajstić information content (AvgIpc) is 2.95. The number of amidine groups is 1. The van der Waals surface area contributed by atoms with Crippen LogP contribution in [0, 0.1) is 0 Å². The Bertz CT molecular complexity index is 791. The van der Waals surface area contributed by atoms with Gasteiger partial charge in [0, 0.05) is 12.1 Å². The molecule has 1 aliphatic rings. The van der Waals surface area contributed by atoms with Gasteiger partial charge in [0.15, 0.2) is 5.17 Å². The van der Waals surface area contributed by atoms with Crippen LogP contribution in [0.25, 0.3) is 0 Å². The molecule has 2 aromatic rings. The highest BCUT2D eigenvalue weighted by Crippen LogP contribution is 2.26. The fourth-order valence-electron chi connectivity index (χ4n) is 2.27. The molecule has 1 saturated heterocycles. The maximum atomic E-state index is 12.1. The summed E-state index contributed by atoms with van der Waals surface area (Å²) in [6.45, 7) is 0. The lowest BCUT2D eigenvalue weighted by molar-refractivity contribution is -0.122. The van der Waals surface area contributed by atoms with Gasteiger partial charge in [0.25, 0.3) is 0 Å². The van der Waals surface area contributed by atoms with Crippen molar-refractivity contribution in [3.05, 3.63) is 54.6 Å². The highest BCUT2D eigenvalue weighted by atomic mass is 32.2. The van der Waals surface area contributed by atoms with Crippen LogP contribution in [0.1, 0.15) is 6.42 Å². The Kier molecular flexibility index (Phi) is 5.35. The van der Waals surface area contributed by atoms with Crippen molar-refractivity contribution in [2.75, 3.05) is 12.4 Å². The van der Waals surface area contributed by atoms with Crippen molar-refractivity contribution in [1.82, 2.24) is 5.32 Å². The van der Waals surface area contributed by atoms with E-state index in [9.17, 15) is 9.59 Å². The highest BCUT2D eigenvalue weighted by Gasteiger charge is 2.32. The second kappa shape index (κ2) is 7.85. The predicted molar refractivity (Wildman–Crippen MR) is 99.3 cm³/mol. The summed E-state index contributed by atoms with van der Waals surface area (Å²) in [7, 11) is 1.60. The number of thioether (sulfide) groups is 1. The molecule has 1 heterocycles. The minimum Gasteiger partial charge on any atom is -0.497 e. The lowest BCUT2D eigenvalue weighted by Gasteiger charge is -2.07. The van der Waals surface area contributed by atoms with Crippen LogP contribution in [-0.4, -0.2) is 29.3 Å². The van der Waals surface area contributed by atoms with Crippen molar-refractivity contribution in [1.29, 1.82) is 0 Å². The Balaban J connectivity index is 1.60. The molecule has 2 amide bonds. The van der Waals surface area contributed by atoms with Gasteiger partial charge < -0.3 is 15.4 Å². The standard InChI is InChI=1S/C18H17N3O3S/c1-24-14-9-7-13(8-10-14)20-18-21-17(23)15(25-18)11-16(22)19-12-5-3-2-4-6-12/h2-10,15H,11H2,1H3,(H,19,22)(H,20,21,23). The molecule has 1 unspecified atom stereocenters. The van der Waals surface area contributed by atoms with E-state index < -0.39 is 5.25 Å². The topological polar surface area (TPSA) is 79.8 Å². The molecule has 0 aromatic heterocycles. The second-order valence-electron chi connectivity index (χ2n) is 5.33. The van der Waals surface area contributed by atoms with E-state index in [-0.39, 0.29) is 18.2 Å². The monoisotopic (exact) mass is 355 g/mol. The van der Waals surface area contributed by atoms with E-state index >= 15 is 0 Å². The van der Waals surface area contributed by atoms with E-state index in [1.165, 1.54) is 11.8 Å². The van der Waals surface area contributed by atoms with Crippen molar-refractivity contribution in [2.24, 2.45) is 4.99 Å². The first-order chi connectivity index (χ1) is 12.1. The van der Waals surface area contributed by atoms with E-state index in [4.69, 9.17) is 4.74 Å². The number of methoxy groups -OCH3 is 1. The number of carbonyl (C=O) groups is 2. The van der Waals surface area contributed by atoms with Gasteiger partial charge in [-0.05, 0) is 36.4 Å². The maximum absolute atomic E-state index is 12.1. The van der Waals surface area contributed by atoms with Crippen LogP contribution < -0.4 is 15.4 Å². The molecule has 0 spiro atoms. The van der Waals surface area contributed by atoms with Gasteiger partial charge in [0.1, 0.15) is 11.0 Å². The smallest absolute Gasteiger partial charge is 0.240 e. The van der Waals surface area contributed by atoms with E-state index in [2.05, 4.69) is 15.6 Å². The first kappa shape index (κ1) is 17.0. The van der Waals surface area contributed by atoms with Crippen molar-refractivity contribution < 1.29 is 14.3 Å². The molecular weight excluding hydrogens is 338 g/mol. The zero-order valence-electron chi connectivity index (χ0n) is 13.6. The molecule has 6 nitrogen and oxygen atoms in total. The normalized spacial score (nSPS) is 18.0. The molecular formula is C18H17N3O3S. The van der Waals surface area contributed by atoms with Crippen molar-refractivity contribution in [3.8, 4) is 5.75 Å². The number of benzene rings is 2. The Morgan fingerprint density at radius 1 is 1.20 bits per heavy atom. The molecule has 0 bridgehead atoms. The summed E-state index contributed by atoms with van der Waals surface area (Å²) in [5.41, 5.74) is 1.42. The summed E-state index contributed by atoms with van der Waals surface area (Å²) in [6, 6.07) is 16.3. The van der Waals surface area contributed by atoms with Crippen LogP contribution in [0.5, 0.6) is 5.75 Å². The minimum absolute atomic E-state index is 0.0903. The molecule has 0 aliphatic carbocycles. The fourth-order valence-corrected chi connectivity index (χ4v) is 3.26. The Hall–Kier alpha value is -2.80. The number of aliphatic imine (C=N–C) groups is 1. The van der Waals surface area contributed by atoms with Gasteiger partial charge in [-0.25, -0.2) is 4.99 Å². The van der Waals surface area contributed by atoms with Crippen LogP contribution in [-0.2, 0) is 9.59 Å². The fraction of sp³-hybridized carbons (Fsp3) is 0.167. The summed E-state index contributed by atoms with van der Waals surface area (Å²) in [5, 5.41) is 5.50. The van der Waals surface area contributed by atoms with Crippen molar-refractivity contribution >= 4 is 40.1 Å². The molecule has 2 N–H and O–H groups in total. The first-order valence-corrected chi connectivity index (χ1v) is 8.57. The third kappa shape index (κ3) is 4.60. The van der Waals surface area contributed by atoms with Gasteiger partial charge in [-0.15, -0.1) is 0 Å². The number of carbonyl (C=O) groups excluding carboxylic acids is 2. The van der Waals surface area contributed by atoms with Crippen LogP contribution in [0.4, 0.5) is 11.4 Å². The average molecular weight is 355 g/mol. The number of nitrogens with zero attached hydrogens (tertiary/aromatic N) is 1. The number of anilines is 1. The van der Waals surface area contributed by atoms with E-state index in [0.29, 0.717) is 16.5 Å². The number of rotatable bonds is 5. The summed E-state index contributed by atoms with van der Waals surface area (Å²) in [6.07, 6.45) is 0.0903. The van der Waals surface area contributed by atoms with Crippen molar-refractivity contribution in [3.63, 3.8) is 0 Å². The Labute approximate surface area is 149 Å². The van der Waals surface area contributed by atoms with Crippen molar-refractivity contribution in [2.45, 2.75) is 11.7 Å². The summed E-state index contributed by atoms with van der Waals surface area (Å²) >= 11 is 1.26. The zero-order valence-corrected chi connectivity index (χ0v) is 14.4. The third-order valence-electron chi connectivity index (χ3n) is 3.51. The molecule has 0 saturated carbocycles. The van der Waals surface area contributed by atoms with Crippen LogP contribution >= 0.6 is 11.8 Å². The van der Waals surface area contributed by atoms with E-state index in [1.54, 1.807) is 43.5 Å². The van der Waals surface area contributed by atoms with Crippen LogP contribution in [0.2, 0.25) is 0 Å². The summed E-state index contributed by atoms with van der Waals surface area (Å²) in [4.78, 5) is 28.5. The zero-order chi connectivity index (χ0) is 17.6. The molecule has 1 aliphatic heterocycles. The molecule has 0 radical (unpaired) electrons. The van der Waals surface area contributed by atoms with Crippen LogP contribution in [0.3, 0.4) is 0 Å².